The van der Waals surface area contributed by atoms with E-state index in [2.05, 4.69) is 10.4 Å². The molecule has 1 aromatic rings. The van der Waals surface area contributed by atoms with Crippen LogP contribution in [0.5, 0.6) is 0 Å². The summed E-state index contributed by atoms with van der Waals surface area (Å²) in [6.45, 7) is 4.35. The van der Waals surface area contributed by atoms with E-state index in [4.69, 9.17) is 5.11 Å². The summed E-state index contributed by atoms with van der Waals surface area (Å²) in [4.78, 5) is 23.0. The molecule has 0 bridgehead atoms. The maximum Gasteiger partial charge on any atom is 0.306 e. The number of amides is 1. The minimum absolute atomic E-state index is 0.0450. The zero-order valence-electron chi connectivity index (χ0n) is 12.1. The molecule has 110 valence electrons. The molecular weight excluding hydrogens is 258 g/mol. The van der Waals surface area contributed by atoms with Crippen molar-refractivity contribution in [3.8, 4) is 0 Å². The van der Waals surface area contributed by atoms with E-state index in [0.29, 0.717) is 25.8 Å². The molecule has 0 aliphatic heterocycles. The summed E-state index contributed by atoms with van der Waals surface area (Å²) in [7, 11) is 1.88. The van der Waals surface area contributed by atoms with Crippen LogP contribution in [0.1, 0.15) is 36.2 Å². The molecule has 1 aliphatic carbocycles. The van der Waals surface area contributed by atoms with Gasteiger partial charge in [0, 0.05) is 30.8 Å². The molecule has 0 spiro atoms. The molecule has 0 unspecified atom stereocenters. The highest BCUT2D eigenvalue weighted by atomic mass is 16.4. The fourth-order valence-electron chi connectivity index (χ4n) is 2.84. The molecule has 1 heterocycles. The first-order valence-corrected chi connectivity index (χ1v) is 6.89. The number of carboxylic acids is 1. The van der Waals surface area contributed by atoms with Crippen LogP contribution in [0.2, 0.25) is 0 Å². The molecule has 2 atom stereocenters. The Morgan fingerprint density at radius 1 is 1.35 bits per heavy atom. The van der Waals surface area contributed by atoms with E-state index in [9.17, 15) is 9.59 Å². The third-order valence-electron chi connectivity index (χ3n) is 4.25. The number of nitrogens with zero attached hydrogens (tertiary/aromatic N) is 2. The minimum atomic E-state index is -0.792. The number of hydrogen-bond donors (Lipinski definition) is 2. The Labute approximate surface area is 118 Å². The first-order valence-electron chi connectivity index (χ1n) is 6.89. The van der Waals surface area contributed by atoms with Crippen molar-refractivity contribution in [2.45, 2.75) is 39.7 Å². The van der Waals surface area contributed by atoms with E-state index in [-0.39, 0.29) is 17.7 Å². The van der Waals surface area contributed by atoms with Gasteiger partial charge in [-0.15, -0.1) is 0 Å². The summed E-state index contributed by atoms with van der Waals surface area (Å²) in [6, 6.07) is 0. The molecule has 1 fully saturated rings. The number of aromatic nitrogens is 2. The van der Waals surface area contributed by atoms with Crippen LogP contribution in [0.25, 0.3) is 0 Å². The first-order chi connectivity index (χ1) is 9.40. The van der Waals surface area contributed by atoms with Gasteiger partial charge in [-0.25, -0.2) is 0 Å². The van der Waals surface area contributed by atoms with Crippen LogP contribution in [0.15, 0.2) is 0 Å². The predicted octanol–water partition coefficient (Wildman–Crippen LogP) is 1.15. The van der Waals surface area contributed by atoms with Gasteiger partial charge >= 0.3 is 5.97 Å². The number of aryl methyl sites for hydroxylation is 2. The highest BCUT2D eigenvalue weighted by Gasteiger charge is 2.33. The van der Waals surface area contributed by atoms with Crippen molar-refractivity contribution in [2.24, 2.45) is 18.9 Å². The standard InChI is InChI=1S/C14H21N3O3/c1-8-12(9(2)17(3)16-8)7-15-13(18)10-4-5-11(6-10)14(19)20/h10-11H,4-7H2,1-3H3,(H,15,18)(H,19,20)/t10-,11+/m1/s1. The zero-order chi connectivity index (χ0) is 14.9. The molecule has 0 radical (unpaired) electrons. The van der Waals surface area contributed by atoms with Crippen LogP contribution in [0.3, 0.4) is 0 Å². The summed E-state index contributed by atoms with van der Waals surface area (Å²) < 4.78 is 1.80. The van der Waals surface area contributed by atoms with Crippen molar-refractivity contribution >= 4 is 11.9 Å². The molecule has 6 nitrogen and oxygen atoms in total. The molecular formula is C14H21N3O3. The summed E-state index contributed by atoms with van der Waals surface area (Å²) in [5.74, 6) is -1.38. The van der Waals surface area contributed by atoms with Gasteiger partial charge in [-0.3, -0.25) is 14.3 Å². The highest BCUT2D eigenvalue weighted by molar-refractivity contribution is 5.80. The number of rotatable bonds is 4. The molecule has 1 aromatic heterocycles. The Balaban J connectivity index is 1.91. The van der Waals surface area contributed by atoms with Crippen LogP contribution in [0.4, 0.5) is 0 Å². The number of carbonyl (C=O) groups excluding carboxylic acids is 1. The average Bonchev–Trinajstić information content (AvgIpc) is 2.95. The third-order valence-corrected chi connectivity index (χ3v) is 4.25. The molecule has 2 N–H and O–H groups in total. The summed E-state index contributed by atoms with van der Waals surface area (Å²) in [5.41, 5.74) is 2.99. The number of aliphatic carboxylic acids is 1. The van der Waals surface area contributed by atoms with Crippen molar-refractivity contribution in [1.29, 1.82) is 0 Å². The van der Waals surface area contributed by atoms with Gasteiger partial charge in [-0.05, 0) is 33.1 Å². The van der Waals surface area contributed by atoms with Crippen molar-refractivity contribution in [3.05, 3.63) is 17.0 Å². The van der Waals surface area contributed by atoms with Crippen LogP contribution >= 0.6 is 0 Å². The summed E-state index contributed by atoms with van der Waals surface area (Å²) >= 11 is 0. The Morgan fingerprint density at radius 2 is 2.00 bits per heavy atom. The Kier molecular flexibility index (Phi) is 4.11. The van der Waals surface area contributed by atoms with Crippen molar-refractivity contribution < 1.29 is 14.7 Å². The number of carbonyl (C=O) groups is 2. The second-order valence-corrected chi connectivity index (χ2v) is 5.54. The molecule has 6 heteroatoms. The van der Waals surface area contributed by atoms with E-state index in [0.717, 1.165) is 17.0 Å². The fourth-order valence-corrected chi connectivity index (χ4v) is 2.84. The van der Waals surface area contributed by atoms with E-state index in [1.807, 2.05) is 20.9 Å². The van der Waals surface area contributed by atoms with Gasteiger partial charge in [-0.2, -0.15) is 5.10 Å². The van der Waals surface area contributed by atoms with Crippen molar-refractivity contribution in [3.63, 3.8) is 0 Å². The lowest BCUT2D eigenvalue weighted by Crippen LogP contribution is -2.29. The molecule has 20 heavy (non-hydrogen) atoms. The maximum absolute atomic E-state index is 12.1. The zero-order valence-corrected chi connectivity index (χ0v) is 12.1. The second-order valence-electron chi connectivity index (χ2n) is 5.54. The number of nitrogens with one attached hydrogen (secondary N) is 1. The van der Waals surface area contributed by atoms with Gasteiger partial charge in [0.1, 0.15) is 0 Å². The molecule has 2 rings (SSSR count). The smallest absolute Gasteiger partial charge is 0.306 e. The van der Waals surface area contributed by atoms with Gasteiger partial charge < -0.3 is 10.4 Å². The van der Waals surface area contributed by atoms with Crippen molar-refractivity contribution in [2.75, 3.05) is 0 Å². The van der Waals surface area contributed by atoms with E-state index >= 15 is 0 Å². The SMILES string of the molecule is Cc1nn(C)c(C)c1CNC(=O)[C@@H]1CC[C@H](C(=O)O)C1. The quantitative estimate of drug-likeness (QED) is 0.866. The lowest BCUT2D eigenvalue weighted by molar-refractivity contribution is -0.141. The third kappa shape index (κ3) is 2.84. The number of hydrogen-bond acceptors (Lipinski definition) is 3. The molecule has 0 aromatic carbocycles. The normalized spacial score (nSPS) is 21.9. The van der Waals surface area contributed by atoms with Crippen LogP contribution in [-0.2, 0) is 23.2 Å². The Bertz CT molecular complexity index is 536. The minimum Gasteiger partial charge on any atom is -0.481 e. The lowest BCUT2D eigenvalue weighted by atomic mass is 10.0. The van der Waals surface area contributed by atoms with E-state index in [1.54, 1.807) is 4.68 Å². The van der Waals surface area contributed by atoms with Crippen LogP contribution in [0, 0.1) is 25.7 Å². The second kappa shape index (κ2) is 5.64. The van der Waals surface area contributed by atoms with Gasteiger partial charge in [-0.1, -0.05) is 0 Å². The summed E-state index contributed by atoms with van der Waals surface area (Å²) in [5, 5.41) is 16.2. The molecule has 1 aliphatic rings. The first kappa shape index (κ1) is 14.6. The van der Waals surface area contributed by atoms with Gasteiger partial charge in [0.2, 0.25) is 5.91 Å². The largest absolute Gasteiger partial charge is 0.481 e. The van der Waals surface area contributed by atoms with E-state index < -0.39 is 5.97 Å². The van der Waals surface area contributed by atoms with Crippen molar-refractivity contribution in [1.82, 2.24) is 15.1 Å². The van der Waals surface area contributed by atoms with Gasteiger partial charge in [0.15, 0.2) is 0 Å². The Hall–Kier alpha value is -1.85. The highest BCUT2D eigenvalue weighted by Crippen LogP contribution is 2.31. The fraction of sp³-hybridized carbons (Fsp3) is 0.643. The topological polar surface area (TPSA) is 84.2 Å². The van der Waals surface area contributed by atoms with Gasteiger partial charge in [0.25, 0.3) is 0 Å². The van der Waals surface area contributed by atoms with Crippen LogP contribution in [-0.4, -0.2) is 26.8 Å². The number of carboxylic acid groups (broad SMARTS) is 1. The maximum atomic E-state index is 12.1. The lowest BCUT2D eigenvalue weighted by Gasteiger charge is -2.11. The monoisotopic (exact) mass is 279 g/mol. The molecule has 1 amide bonds. The summed E-state index contributed by atoms with van der Waals surface area (Å²) in [6.07, 6.45) is 1.71. The molecule has 0 saturated heterocycles. The Morgan fingerprint density at radius 3 is 2.50 bits per heavy atom. The average molecular weight is 279 g/mol. The van der Waals surface area contributed by atoms with E-state index in [1.165, 1.54) is 0 Å². The van der Waals surface area contributed by atoms with Gasteiger partial charge in [0.05, 0.1) is 11.6 Å². The van der Waals surface area contributed by atoms with Crippen LogP contribution < -0.4 is 5.32 Å². The predicted molar refractivity (Wildman–Crippen MR) is 73.0 cm³/mol. The molecule has 1 saturated carbocycles.